The minimum atomic E-state index is -1.40. The maximum absolute atomic E-state index is 12.2. The molecule has 0 radical (unpaired) electrons. The molecule has 0 aromatic heterocycles. The first kappa shape index (κ1) is 19.9. The molecule has 0 unspecified atom stereocenters. The van der Waals surface area contributed by atoms with E-state index in [1.807, 2.05) is 13.8 Å². The number of amides is 1. The van der Waals surface area contributed by atoms with Gasteiger partial charge in [0.05, 0.1) is 6.04 Å². The number of carbonyl (C=O) groups is 2. The Morgan fingerprint density at radius 2 is 2.09 bits per heavy atom. The molecule has 8 nitrogen and oxygen atoms in total. The average molecular weight is 329 g/mol. The Morgan fingerprint density at radius 1 is 1.43 bits per heavy atom. The highest BCUT2D eigenvalue weighted by atomic mass is 16.4. The molecule has 0 aliphatic carbocycles. The van der Waals surface area contributed by atoms with E-state index < -0.39 is 25.2 Å². The Kier molecular flexibility index (Phi) is 7.97. The number of rotatable bonds is 9. The average Bonchev–Trinajstić information content (AvgIpc) is 2.88. The normalized spacial score (nSPS) is 26.6. The van der Waals surface area contributed by atoms with Crippen LogP contribution in [0.5, 0.6) is 0 Å². The second-order valence-electron chi connectivity index (χ2n) is 6.33. The van der Waals surface area contributed by atoms with Gasteiger partial charge in [0.15, 0.2) is 0 Å². The molecule has 0 saturated carbocycles. The maximum atomic E-state index is 12.2. The fourth-order valence-electron chi connectivity index (χ4n) is 2.91. The molecule has 0 bridgehead atoms. The van der Waals surface area contributed by atoms with Crippen molar-refractivity contribution in [3.8, 4) is 0 Å². The SMILES string of the molecule is CC[C@@H](C)[C@H](N)C(=O)N[C@H]1CN[C@H](C(=O)O)[C@@H]1CCCB(O)O. The molecule has 7 N–H and O–H groups in total. The summed E-state index contributed by atoms with van der Waals surface area (Å²) in [6.07, 6.45) is 1.91. The van der Waals surface area contributed by atoms with Crippen molar-refractivity contribution in [2.24, 2.45) is 17.6 Å². The molecule has 9 heteroatoms. The predicted octanol–water partition coefficient (Wildman–Crippen LogP) is -1.23. The molecule has 1 aliphatic rings. The summed E-state index contributed by atoms with van der Waals surface area (Å²) in [4.78, 5) is 23.5. The molecule has 1 saturated heterocycles. The van der Waals surface area contributed by atoms with Crippen LogP contribution in [0.25, 0.3) is 0 Å². The maximum Gasteiger partial charge on any atom is 0.451 e. The van der Waals surface area contributed by atoms with Crippen LogP contribution in [0.1, 0.15) is 33.1 Å². The lowest BCUT2D eigenvalue weighted by atomic mass is 9.80. The van der Waals surface area contributed by atoms with Gasteiger partial charge in [-0.15, -0.1) is 0 Å². The monoisotopic (exact) mass is 329 g/mol. The summed E-state index contributed by atoms with van der Waals surface area (Å²) in [5.41, 5.74) is 5.91. The number of carbonyl (C=O) groups excluding carboxylic acids is 1. The lowest BCUT2D eigenvalue weighted by Gasteiger charge is -2.25. The van der Waals surface area contributed by atoms with Crippen molar-refractivity contribution in [2.75, 3.05) is 6.54 Å². The third kappa shape index (κ3) is 5.76. The molecular formula is C14H28BN3O5. The molecule has 1 aliphatic heterocycles. The zero-order valence-electron chi connectivity index (χ0n) is 13.7. The smallest absolute Gasteiger partial charge is 0.451 e. The van der Waals surface area contributed by atoms with E-state index in [1.54, 1.807) is 0 Å². The molecule has 0 aromatic carbocycles. The van der Waals surface area contributed by atoms with E-state index in [2.05, 4.69) is 10.6 Å². The summed E-state index contributed by atoms with van der Waals surface area (Å²) >= 11 is 0. The molecule has 0 spiro atoms. The summed E-state index contributed by atoms with van der Waals surface area (Å²) < 4.78 is 0. The van der Waals surface area contributed by atoms with Crippen molar-refractivity contribution >= 4 is 19.0 Å². The van der Waals surface area contributed by atoms with Gasteiger partial charge < -0.3 is 31.5 Å². The van der Waals surface area contributed by atoms with E-state index in [-0.39, 0.29) is 30.1 Å². The quantitative estimate of drug-likeness (QED) is 0.291. The highest BCUT2D eigenvalue weighted by Crippen LogP contribution is 2.23. The first-order valence-electron chi connectivity index (χ1n) is 8.16. The topological polar surface area (TPSA) is 145 Å². The minimum absolute atomic E-state index is 0.0441. The van der Waals surface area contributed by atoms with Gasteiger partial charge in [-0.05, 0) is 18.7 Å². The van der Waals surface area contributed by atoms with Crippen LogP contribution in [-0.4, -0.2) is 58.8 Å². The molecule has 1 rings (SSSR count). The van der Waals surface area contributed by atoms with Gasteiger partial charge in [-0.3, -0.25) is 9.59 Å². The van der Waals surface area contributed by atoms with Crippen LogP contribution in [0.15, 0.2) is 0 Å². The summed E-state index contributed by atoms with van der Waals surface area (Å²) in [7, 11) is -1.40. The van der Waals surface area contributed by atoms with E-state index in [0.717, 1.165) is 6.42 Å². The highest BCUT2D eigenvalue weighted by molar-refractivity contribution is 6.40. The van der Waals surface area contributed by atoms with Crippen molar-refractivity contribution in [2.45, 2.75) is 57.6 Å². The van der Waals surface area contributed by atoms with Gasteiger partial charge >= 0.3 is 13.1 Å². The van der Waals surface area contributed by atoms with E-state index >= 15 is 0 Å². The van der Waals surface area contributed by atoms with Gasteiger partial charge in [-0.2, -0.15) is 0 Å². The van der Waals surface area contributed by atoms with Crippen molar-refractivity contribution in [1.29, 1.82) is 0 Å². The van der Waals surface area contributed by atoms with Gasteiger partial charge in [-0.25, -0.2) is 0 Å². The fraction of sp³-hybridized carbons (Fsp3) is 0.857. The summed E-state index contributed by atoms with van der Waals surface area (Å²) in [6, 6.07) is -1.70. The van der Waals surface area contributed by atoms with Gasteiger partial charge in [0.25, 0.3) is 0 Å². The zero-order valence-corrected chi connectivity index (χ0v) is 13.7. The predicted molar refractivity (Wildman–Crippen MR) is 86.5 cm³/mol. The first-order chi connectivity index (χ1) is 10.8. The van der Waals surface area contributed by atoms with Crippen molar-refractivity contribution in [3.63, 3.8) is 0 Å². The zero-order chi connectivity index (χ0) is 17.6. The van der Waals surface area contributed by atoms with Crippen molar-refractivity contribution < 1.29 is 24.7 Å². The van der Waals surface area contributed by atoms with Crippen molar-refractivity contribution in [1.82, 2.24) is 10.6 Å². The number of hydrogen-bond donors (Lipinski definition) is 6. The number of nitrogens with two attached hydrogens (primary N) is 1. The standard InChI is InChI=1S/C14H28BN3O5/c1-3-8(2)11(16)13(19)18-10-7-17-12(14(20)21)9(10)5-4-6-15(22)23/h8-12,17,22-23H,3-7,16H2,1-2H3,(H,18,19)(H,20,21)/t8-,9-,10+,11+,12+/m1/s1. The van der Waals surface area contributed by atoms with Crippen LogP contribution < -0.4 is 16.4 Å². The molecule has 1 heterocycles. The molecule has 23 heavy (non-hydrogen) atoms. The Hall–Kier alpha value is -1.16. The van der Waals surface area contributed by atoms with Crippen LogP contribution >= 0.6 is 0 Å². The molecule has 1 amide bonds. The fourth-order valence-corrected chi connectivity index (χ4v) is 2.91. The van der Waals surface area contributed by atoms with Crippen LogP contribution in [0, 0.1) is 11.8 Å². The van der Waals surface area contributed by atoms with Gasteiger partial charge in [-0.1, -0.05) is 26.7 Å². The van der Waals surface area contributed by atoms with E-state index in [0.29, 0.717) is 19.4 Å². The van der Waals surface area contributed by atoms with Crippen LogP contribution in [0.4, 0.5) is 0 Å². The number of carboxylic acid groups (broad SMARTS) is 1. The van der Waals surface area contributed by atoms with Gasteiger partial charge in [0, 0.05) is 18.5 Å². The number of carboxylic acids is 1. The Balaban J connectivity index is 2.67. The van der Waals surface area contributed by atoms with Crippen molar-refractivity contribution in [3.05, 3.63) is 0 Å². The third-order valence-corrected chi connectivity index (χ3v) is 4.66. The Bertz CT molecular complexity index is 410. The molecule has 5 atom stereocenters. The highest BCUT2D eigenvalue weighted by Gasteiger charge is 2.41. The lowest BCUT2D eigenvalue weighted by molar-refractivity contribution is -0.140. The summed E-state index contributed by atoms with van der Waals surface area (Å²) in [5, 5.41) is 32.9. The lowest BCUT2D eigenvalue weighted by Crippen LogP contribution is -2.51. The van der Waals surface area contributed by atoms with Gasteiger partial charge in [0.1, 0.15) is 6.04 Å². The molecule has 1 fully saturated rings. The van der Waals surface area contributed by atoms with E-state index in [1.165, 1.54) is 0 Å². The summed E-state index contributed by atoms with van der Waals surface area (Å²) in [5.74, 6) is -1.51. The van der Waals surface area contributed by atoms with Gasteiger partial charge in [0.2, 0.25) is 5.91 Å². The molecule has 132 valence electrons. The van der Waals surface area contributed by atoms with E-state index in [4.69, 9.17) is 15.8 Å². The number of nitrogens with one attached hydrogen (secondary N) is 2. The minimum Gasteiger partial charge on any atom is -0.480 e. The second kappa shape index (κ2) is 9.22. The van der Waals surface area contributed by atoms with Crippen LogP contribution in [0.3, 0.4) is 0 Å². The van der Waals surface area contributed by atoms with Crippen LogP contribution in [-0.2, 0) is 9.59 Å². The largest absolute Gasteiger partial charge is 0.480 e. The van der Waals surface area contributed by atoms with Crippen LogP contribution in [0.2, 0.25) is 6.32 Å². The summed E-state index contributed by atoms with van der Waals surface area (Å²) in [6.45, 7) is 4.22. The Morgan fingerprint density at radius 3 is 2.61 bits per heavy atom. The number of aliphatic carboxylic acids is 1. The molecular weight excluding hydrogens is 301 g/mol. The first-order valence-corrected chi connectivity index (χ1v) is 8.16. The third-order valence-electron chi connectivity index (χ3n) is 4.66. The second-order valence-corrected chi connectivity index (χ2v) is 6.33. The Labute approximate surface area is 137 Å². The molecule has 0 aromatic rings. The van der Waals surface area contributed by atoms with E-state index in [9.17, 15) is 14.7 Å². The number of hydrogen-bond acceptors (Lipinski definition) is 6.